The molecule has 29 heavy (non-hydrogen) atoms. The molecule has 1 N–H and O–H groups in total. The molecule has 1 aromatic heterocycles. The standard InChI is InChI=1S/C22H32N4O3/c1-15-19(16(2)25(3)24-15)6-7-22(27)23-9-11-26-10-8-17-12-20(28-4)21(29-5)13-18(17)14-26/h12-13H,6-11,14H2,1-5H3,(H,23,27). The second-order valence-electron chi connectivity index (χ2n) is 7.62. The lowest BCUT2D eigenvalue weighted by molar-refractivity contribution is -0.121. The molecule has 0 atom stereocenters. The van der Waals surface area contributed by atoms with Crippen molar-refractivity contribution in [3.05, 3.63) is 40.2 Å². The zero-order chi connectivity index (χ0) is 21.0. The van der Waals surface area contributed by atoms with Crippen molar-refractivity contribution in [3.8, 4) is 11.5 Å². The minimum Gasteiger partial charge on any atom is -0.493 e. The Labute approximate surface area is 173 Å². The van der Waals surface area contributed by atoms with E-state index in [1.54, 1.807) is 14.2 Å². The number of ether oxygens (including phenoxy) is 2. The molecule has 158 valence electrons. The highest BCUT2D eigenvalue weighted by atomic mass is 16.5. The molecule has 0 saturated carbocycles. The number of methoxy groups -OCH3 is 2. The van der Waals surface area contributed by atoms with Crippen LogP contribution in [0, 0.1) is 13.8 Å². The van der Waals surface area contributed by atoms with Crippen molar-refractivity contribution in [3.63, 3.8) is 0 Å². The SMILES string of the molecule is COc1cc2c(cc1OC)CN(CCNC(=O)CCc1c(C)nn(C)c1C)CC2. The first-order chi connectivity index (χ1) is 13.9. The third-order valence-corrected chi connectivity index (χ3v) is 5.81. The molecule has 1 aliphatic rings. The van der Waals surface area contributed by atoms with Crippen molar-refractivity contribution in [2.75, 3.05) is 33.9 Å². The number of hydrogen-bond acceptors (Lipinski definition) is 5. The second-order valence-corrected chi connectivity index (χ2v) is 7.62. The van der Waals surface area contributed by atoms with Crippen molar-refractivity contribution < 1.29 is 14.3 Å². The fraction of sp³-hybridized carbons (Fsp3) is 0.545. The van der Waals surface area contributed by atoms with E-state index >= 15 is 0 Å². The number of amides is 1. The summed E-state index contributed by atoms with van der Waals surface area (Å²) < 4.78 is 12.7. The molecule has 0 spiro atoms. The van der Waals surface area contributed by atoms with E-state index in [0.717, 1.165) is 55.4 Å². The smallest absolute Gasteiger partial charge is 0.220 e. The van der Waals surface area contributed by atoms with Crippen LogP contribution < -0.4 is 14.8 Å². The monoisotopic (exact) mass is 400 g/mol. The molecule has 2 aromatic rings. The summed E-state index contributed by atoms with van der Waals surface area (Å²) in [4.78, 5) is 14.6. The van der Waals surface area contributed by atoms with Crippen LogP contribution in [0.1, 0.15) is 34.5 Å². The van der Waals surface area contributed by atoms with Crippen LogP contribution in [0.5, 0.6) is 11.5 Å². The molecular formula is C22H32N4O3. The molecule has 0 aliphatic carbocycles. The molecule has 1 aromatic carbocycles. The first-order valence-electron chi connectivity index (χ1n) is 10.1. The van der Waals surface area contributed by atoms with Crippen LogP contribution in [0.2, 0.25) is 0 Å². The first-order valence-corrected chi connectivity index (χ1v) is 10.1. The van der Waals surface area contributed by atoms with Gasteiger partial charge in [0.1, 0.15) is 0 Å². The van der Waals surface area contributed by atoms with E-state index in [1.165, 1.54) is 16.7 Å². The van der Waals surface area contributed by atoms with Gasteiger partial charge in [-0.2, -0.15) is 5.10 Å². The lowest BCUT2D eigenvalue weighted by Crippen LogP contribution is -2.37. The van der Waals surface area contributed by atoms with Crippen molar-refractivity contribution in [1.29, 1.82) is 0 Å². The number of nitrogens with zero attached hydrogens (tertiary/aromatic N) is 3. The van der Waals surface area contributed by atoms with Crippen LogP contribution in [0.15, 0.2) is 12.1 Å². The summed E-state index contributed by atoms with van der Waals surface area (Å²) >= 11 is 0. The van der Waals surface area contributed by atoms with E-state index in [2.05, 4.69) is 27.4 Å². The topological polar surface area (TPSA) is 68.6 Å². The molecule has 0 saturated heterocycles. The van der Waals surface area contributed by atoms with E-state index in [9.17, 15) is 4.79 Å². The summed E-state index contributed by atoms with van der Waals surface area (Å²) in [5.41, 5.74) is 5.90. The summed E-state index contributed by atoms with van der Waals surface area (Å²) in [6.45, 7) is 7.38. The summed E-state index contributed by atoms with van der Waals surface area (Å²) in [6.07, 6.45) is 2.20. The summed E-state index contributed by atoms with van der Waals surface area (Å²) in [5.74, 6) is 1.64. The van der Waals surface area contributed by atoms with Gasteiger partial charge in [-0.1, -0.05) is 0 Å². The van der Waals surface area contributed by atoms with E-state index in [-0.39, 0.29) is 5.91 Å². The number of aryl methyl sites for hydroxylation is 2. The molecule has 0 fully saturated rings. The number of benzene rings is 1. The van der Waals surface area contributed by atoms with Crippen LogP contribution >= 0.6 is 0 Å². The van der Waals surface area contributed by atoms with Crippen LogP contribution in [0.4, 0.5) is 0 Å². The number of carbonyl (C=O) groups excluding carboxylic acids is 1. The highest BCUT2D eigenvalue weighted by Crippen LogP contribution is 2.33. The molecule has 7 heteroatoms. The molecule has 7 nitrogen and oxygen atoms in total. The van der Waals surface area contributed by atoms with E-state index in [0.29, 0.717) is 13.0 Å². The average Bonchev–Trinajstić information content (AvgIpc) is 2.96. The Bertz CT molecular complexity index is 875. The van der Waals surface area contributed by atoms with Gasteiger partial charge in [-0.15, -0.1) is 0 Å². The maximum Gasteiger partial charge on any atom is 0.220 e. The van der Waals surface area contributed by atoms with Gasteiger partial charge in [0.15, 0.2) is 11.5 Å². The zero-order valence-electron chi connectivity index (χ0n) is 18.2. The van der Waals surface area contributed by atoms with Crippen molar-refractivity contribution in [2.45, 2.75) is 39.7 Å². The van der Waals surface area contributed by atoms with Crippen molar-refractivity contribution in [2.24, 2.45) is 7.05 Å². The maximum atomic E-state index is 12.3. The Morgan fingerprint density at radius 1 is 1.17 bits per heavy atom. The van der Waals surface area contributed by atoms with Gasteiger partial charge < -0.3 is 14.8 Å². The van der Waals surface area contributed by atoms with Gasteiger partial charge in [0.05, 0.1) is 19.9 Å². The molecule has 2 heterocycles. The third-order valence-electron chi connectivity index (χ3n) is 5.81. The van der Waals surface area contributed by atoms with Gasteiger partial charge in [-0.25, -0.2) is 0 Å². The van der Waals surface area contributed by atoms with Gasteiger partial charge in [0.2, 0.25) is 5.91 Å². The van der Waals surface area contributed by atoms with E-state index in [4.69, 9.17) is 9.47 Å². The van der Waals surface area contributed by atoms with Crippen molar-refractivity contribution in [1.82, 2.24) is 20.0 Å². The minimum absolute atomic E-state index is 0.0940. The number of fused-ring (bicyclic) bond motifs is 1. The molecule has 0 radical (unpaired) electrons. The molecule has 1 amide bonds. The number of carbonyl (C=O) groups is 1. The van der Waals surface area contributed by atoms with Crippen LogP contribution in [-0.2, 0) is 31.2 Å². The molecule has 0 unspecified atom stereocenters. The zero-order valence-corrected chi connectivity index (χ0v) is 18.2. The maximum absolute atomic E-state index is 12.3. The summed E-state index contributed by atoms with van der Waals surface area (Å²) in [7, 11) is 5.27. The normalized spacial score (nSPS) is 13.8. The van der Waals surface area contributed by atoms with Crippen LogP contribution in [-0.4, -0.2) is 54.4 Å². The number of nitrogens with one attached hydrogen (secondary N) is 1. The van der Waals surface area contributed by atoms with Gasteiger partial charge in [-0.05, 0) is 55.5 Å². The fourth-order valence-electron chi connectivity index (χ4n) is 3.99. The molecular weight excluding hydrogens is 368 g/mol. The molecule has 3 rings (SSSR count). The largest absolute Gasteiger partial charge is 0.493 e. The van der Waals surface area contributed by atoms with E-state index < -0.39 is 0 Å². The summed E-state index contributed by atoms with van der Waals surface area (Å²) in [5, 5.41) is 7.47. The van der Waals surface area contributed by atoms with Gasteiger partial charge in [0.25, 0.3) is 0 Å². The molecule has 1 aliphatic heterocycles. The lowest BCUT2D eigenvalue weighted by atomic mass is 9.99. The van der Waals surface area contributed by atoms with Gasteiger partial charge >= 0.3 is 0 Å². The van der Waals surface area contributed by atoms with Crippen LogP contribution in [0.25, 0.3) is 0 Å². The van der Waals surface area contributed by atoms with Crippen LogP contribution in [0.3, 0.4) is 0 Å². The number of hydrogen-bond donors (Lipinski definition) is 1. The Kier molecular flexibility index (Phi) is 6.79. The Hall–Kier alpha value is -2.54. The van der Waals surface area contributed by atoms with Gasteiger partial charge in [-0.3, -0.25) is 14.4 Å². The highest BCUT2D eigenvalue weighted by Gasteiger charge is 2.19. The Balaban J connectivity index is 1.46. The predicted molar refractivity (Wildman–Crippen MR) is 113 cm³/mol. The minimum atomic E-state index is 0.0940. The summed E-state index contributed by atoms with van der Waals surface area (Å²) in [6, 6.07) is 4.15. The Morgan fingerprint density at radius 3 is 2.48 bits per heavy atom. The Morgan fingerprint density at radius 2 is 1.86 bits per heavy atom. The number of aromatic nitrogens is 2. The third kappa shape index (κ3) is 4.90. The van der Waals surface area contributed by atoms with E-state index in [1.807, 2.05) is 25.6 Å². The highest BCUT2D eigenvalue weighted by molar-refractivity contribution is 5.76. The lowest BCUT2D eigenvalue weighted by Gasteiger charge is -2.29. The first kappa shape index (κ1) is 21.2. The average molecular weight is 401 g/mol. The predicted octanol–water partition coefficient (Wildman–Crippen LogP) is 2.16. The van der Waals surface area contributed by atoms with Crippen molar-refractivity contribution >= 4 is 5.91 Å². The van der Waals surface area contributed by atoms with Gasteiger partial charge in [0, 0.05) is 45.3 Å². The number of rotatable bonds is 8. The quantitative estimate of drug-likeness (QED) is 0.735. The molecule has 0 bridgehead atoms. The fourth-order valence-corrected chi connectivity index (χ4v) is 3.99. The second kappa shape index (κ2) is 9.31.